The van der Waals surface area contributed by atoms with Gasteiger partial charge in [0.05, 0.1) is 21.7 Å². The summed E-state index contributed by atoms with van der Waals surface area (Å²) in [4.78, 5) is 8.11. The molecule has 0 aliphatic heterocycles. The largest absolute Gasteiger partial charge is 0.337 e. The molecule has 2 aromatic carbocycles. The van der Waals surface area contributed by atoms with E-state index in [0.717, 1.165) is 33.5 Å². The SMILES string of the molecule is Cc1cc(-c2ccccc2F)cc2[nH]c(-c3c(Cl)c(C(C)(C)C)nn3C)nc12. The molecular weight excluding hydrogens is 375 g/mol. The summed E-state index contributed by atoms with van der Waals surface area (Å²) in [7, 11) is 1.86. The van der Waals surface area contributed by atoms with Gasteiger partial charge in [-0.2, -0.15) is 5.10 Å². The normalized spacial score (nSPS) is 12.1. The second kappa shape index (κ2) is 6.45. The van der Waals surface area contributed by atoms with Gasteiger partial charge in [-0.1, -0.05) is 50.6 Å². The van der Waals surface area contributed by atoms with Gasteiger partial charge in [0.2, 0.25) is 0 Å². The molecule has 6 heteroatoms. The third kappa shape index (κ3) is 3.00. The summed E-state index contributed by atoms with van der Waals surface area (Å²) in [5.41, 5.74) is 5.42. The molecule has 0 saturated heterocycles. The van der Waals surface area contributed by atoms with Crippen LogP contribution in [0.25, 0.3) is 33.7 Å². The minimum absolute atomic E-state index is 0.174. The molecule has 4 aromatic rings. The van der Waals surface area contributed by atoms with Gasteiger partial charge in [-0.25, -0.2) is 9.37 Å². The van der Waals surface area contributed by atoms with Crippen molar-refractivity contribution in [2.45, 2.75) is 33.1 Å². The van der Waals surface area contributed by atoms with Gasteiger partial charge < -0.3 is 4.98 Å². The van der Waals surface area contributed by atoms with Crippen molar-refractivity contribution in [2.75, 3.05) is 0 Å². The number of nitrogens with one attached hydrogen (secondary N) is 1. The average Bonchev–Trinajstić information content (AvgIpc) is 3.15. The molecule has 0 amide bonds. The first-order valence-corrected chi connectivity index (χ1v) is 9.53. The fourth-order valence-electron chi connectivity index (χ4n) is 3.49. The van der Waals surface area contributed by atoms with Crippen LogP contribution in [-0.2, 0) is 12.5 Å². The second-order valence-electron chi connectivity index (χ2n) is 8.14. The van der Waals surface area contributed by atoms with Crippen molar-refractivity contribution in [1.29, 1.82) is 0 Å². The molecule has 0 atom stereocenters. The molecule has 28 heavy (non-hydrogen) atoms. The van der Waals surface area contributed by atoms with Crippen LogP contribution in [0.2, 0.25) is 5.02 Å². The lowest BCUT2D eigenvalue weighted by Gasteiger charge is -2.15. The van der Waals surface area contributed by atoms with E-state index in [4.69, 9.17) is 16.6 Å². The number of benzene rings is 2. The van der Waals surface area contributed by atoms with E-state index in [0.29, 0.717) is 16.4 Å². The Labute approximate surface area is 168 Å². The van der Waals surface area contributed by atoms with Crippen LogP contribution < -0.4 is 0 Å². The van der Waals surface area contributed by atoms with Gasteiger partial charge in [0.1, 0.15) is 11.5 Å². The van der Waals surface area contributed by atoms with Crippen molar-refractivity contribution in [2.24, 2.45) is 7.05 Å². The molecule has 2 heterocycles. The molecule has 2 aromatic heterocycles. The lowest BCUT2D eigenvalue weighted by atomic mass is 9.92. The monoisotopic (exact) mass is 396 g/mol. The molecule has 144 valence electrons. The molecule has 4 rings (SSSR count). The molecular formula is C22H22ClFN4. The van der Waals surface area contributed by atoms with Crippen LogP contribution in [0.4, 0.5) is 4.39 Å². The minimum atomic E-state index is -0.245. The molecule has 1 N–H and O–H groups in total. The first-order chi connectivity index (χ1) is 13.2. The highest BCUT2D eigenvalue weighted by Crippen LogP contribution is 2.37. The van der Waals surface area contributed by atoms with E-state index in [2.05, 4.69) is 30.9 Å². The average molecular weight is 397 g/mol. The Hall–Kier alpha value is -2.66. The molecule has 0 aliphatic rings. The molecule has 4 nitrogen and oxygen atoms in total. The maximum atomic E-state index is 14.2. The summed E-state index contributed by atoms with van der Waals surface area (Å²) in [5, 5.41) is 5.20. The van der Waals surface area contributed by atoms with E-state index >= 15 is 0 Å². The highest BCUT2D eigenvalue weighted by atomic mass is 35.5. The third-order valence-electron chi connectivity index (χ3n) is 4.89. The van der Waals surface area contributed by atoms with Crippen molar-refractivity contribution < 1.29 is 4.39 Å². The summed E-state index contributed by atoms with van der Waals surface area (Å²) in [6.45, 7) is 8.21. The van der Waals surface area contributed by atoms with Crippen LogP contribution in [0.1, 0.15) is 32.0 Å². The van der Waals surface area contributed by atoms with E-state index in [-0.39, 0.29) is 11.2 Å². The van der Waals surface area contributed by atoms with Crippen LogP contribution in [0, 0.1) is 12.7 Å². The Bertz CT molecular complexity index is 1200. The van der Waals surface area contributed by atoms with Crippen LogP contribution in [0.5, 0.6) is 0 Å². The minimum Gasteiger partial charge on any atom is -0.337 e. The zero-order valence-electron chi connectivity index (χ0n) is 16.6. The zero-order chi connectivity index (χ0) is 20.2. The third-order valence-corrected chi connectivity index (χ3v) is 5.24. The molecule has 0 radical (unpaired) electrons. The first-order valence-electron chi connectivity index (χ1n) is 9.15. The number of halogens is 2. The Morgan fingerprint density at radius 1 is 1.14 bits per heavy atom. The predicted molar refractivity (Wildman–Crippen MR) is 112 cm³/mol. The number of hydrogen-bond acceptors (Lipinski definition) is 2. The quantitative estimate of drug-likeness (QED) is 0.449. The van der Waals surface area contributed by atoms with E-state index in [1.807, 2.05) is 32.2 Å². The van der Waals surface area contributed by atoms with Crippen LogP contribution in [-0.4, -0.2) is 19.7 Å². The van der Waals surface area contributed by atoms with Crippen LogP contribution in [0.3, 0.4) is 0 Å². The molecule has 0 fully saturated rings. The van der Waals surface area contributed by atoms with E-state index < -0.39 is 0 Å². The highest BCUT2D eigenvalue weighted by Gasteiger charge is 2.27. The van der Waals surface area contributed by atoms with Gasteiger partial charge in [0, 0.05) is 18.0 Å². The maximum absolute atomic E-state index is 14.2. The summed E-state index contributed by atoms with van der Waals surface area (Å²) < 4.78 is 16.0. The predicted octanol–water partition coefficient (Wildman–Crippen LogP) is 6.03. The van der Waals surface area contributed by atoms with Crippen LogP contribution in [0.15, 0.2) is 36.4 Å². The van der Waals surface area contributed by atoms with Gasteiger partial charge in [-0.15, -0.1) is 0 Å². The first kappa shape index (κ1) is 18.7. The number of aryl methyl sites for hydroxylation is 2. The smallest absolute Gasteiger partial charge is 0.158 e. The lowest BCUT2D eigenvalue weighted by Crippen LogP contribution is -2.12. The van der Waals surface area contributed by atoms with Gasteiger partial charge in [-0.05, 0) is 36.2 Å². The van der Waals surface area contributed by atoms with E-state index in [9.17, 15) is 4.39 Å². The number of hydrogen-bond donors (Lipinski definition) is 1. The fraction of sp³-hybridized carbons (Fsp3) is 0.273. The summed E-state index contributed by atoms with van der Waals surface area (Å²) in [6.07, 6.45) is 0. The zero-order valence-corrected chi connectivity index (χ0v) is 17.3. The van der Waals surface area contributed by atoms with E-state index in [1.54, 1.807) is 16.8 Å². The Morgan fingerprint density at radius 2 is 1.86 bits per heavy atom. The van der Waals surface area contributed by atoms with Gasteiger partial charge in [0.25, 0.3) is 0 Å². The molecule has 0 unspecified atom stereocenters. The Balaban J connectivity index is 1.89. The number of H-pyrrole nitrogens is 1. The second-order valence-corrected chi connectivity index (χ2v) is 8.52. The van der Waals surface area contributed by atoms with Crippen molar-refractivity contribution in [1.82, 2.24) is 19.7 Å². The summed E-state index contributed by atoms with van der Waals surface area (Å²) >= 11 is 6.67. The number of aromatic amines is 1. The van der Waals surface area contributed by atoms with Crippen LogP contribution >= 0.6 is 11.6 Å². The molecule has 0 bridgehead atoms. The topological polar surface area (TPSA) is 46.5 Å². The summed E-state index contributed by atoms with van der Waals surface area (Å²) in [5.74, 6) is 0.407. The van der Waals surface area contributed by atoms with E-state index in [1.165, 1.54) is 6.07 Å². The number of fused-ring (bicyclic) bond motifs is 1. The molecule has 0 saturated carbocycles. The molecule has 0 spiro atoms. The van der Waals surface area contributed by atoms with Crippen molar-refractivity contribution in [3.05, 3.63) is 58.5 Å². The van der Waals surface area contributed by atoms with Crippen molar-refractivity contribution in [3.63, 3.8) is 0 Å². The fourth-order valence-corrected chi connectivity index (χ4v) is 4.02. The number of nitrogens with zero attached hydrogens (tertiary/aromatic N) is 3. The van der Waals surface area contributed by atoms with Crippen molar-refractivity contribution in [3.8, 4) is 22.6 Å². The highest BCUT2D eigenvalue weighted by molar-refractivity contribution is 6.33. The van der Waals surface area contributed by atoms with Gasteiger partial charge >= 0.3 is 0 Å². The van der Waals surface area contributed by atoms with Crippen molar-refractivity contribution >= 4 is 22.6 Å². The molecule has 0 aliphatic carbocycles. The summed E-state index contributed by atoms with van der Waals surface area (Å²) in [6, 6.07) is 10.6. The maximum Gasteiger partial charge on any atom is 0.158 e. The van der Waals surface area contributed by atoms with Gasteiger partial charge in [0.15, 0.2) is 5.82 Å². The lowest BCUT2D eigenvalue weighted by molar-refractivity contribution is 0.553. The Morgan fingerprint density at radius 3 is 2.50 bits per heavy atom. The number of rotatable bonds is 2. The number of imidazole rings is 1. The Kier molecular flexibility index (Phi) is 4.31. The van der Waals surface area contributed by atoms with Gasteiger partial charge in [-0.3, -0.25) is 4.68 Å². The standard InChI is InChI=1S/C22H22ClFN4/c1-12-10-13(14-8-6-7-9-15(14)24)11-16-18(12)26-21(25-16)19-17(23)20(22(2,3)4)27-28(19)5/h6-11H,1-5H3,(H,25,26). The number of aromatic nitrogens is 4.